The van der Waals surface area contributed by atoms with Crippen molar-refractivity contribution >= 4 is 28.5 Å². The average molecular weight is 264 g/mol. The van der Waals surface area contributed by atoms with Crippen molar-refractivity contribution in [3.8, 4) is 0 Å². The molecule has 0 unspecified atom stereocenters. The lowest BCUT2D eigenvalue weighted by Gasteiger charge is -2.04. The Balaban J connectivity index is 2.50. The van der Waals surface area contributed by atoms with E-state index in [1.54, 1.807) is 5.54 Å². The van der Waals surface area contributed by atoms with Gasteiger partial charge in [-0.3, -0.25) is 4.79 Å². The lowest BCUT2D eigenvalue weighted by Crippen LogP contribution is -2.00. The second-order valence-electron chi connectivity index (χ2n) is 4.33. The lowest BCUT2D eigenvalue weighted by atomic mass is 10.1. The molecule has 0 atom stereocenters. The Hall–Kier alpha value is -1.74. The van der Waals surface area contributed by atoms with Crippen molar-refractivity contribution in [2.75, 3.05) is 0 Å². The summed E-state index contributed by atoms with van der Waals surface area (Å²) in [7, 11) is 0. The Labute approximate surface area is 110 Å². The highest BCUT2D eigenvalue weighted by atomic mass is 35.5. The number of para-hydroxylation sites is 1. The molecule has 0 fully saturated rings. The molecule has 1 N–H and O–H groups in total. The molecule has 1 aromatic heterocycles. The molecule has 0 aliphatic carbocycles. The molecule has 0 saturated heterocycles. The number of carboxylic acid groups (broad SMARTS) is 1. The largest absolute Gasteiger partial charge is 0.481 e. The minimum atomic E-state index is -0.817. The van der Waals surface area contributed by atoms with Gasteiger partial charge < -0.3 is 9.67 Å². The predicted molar refractivity (Wildman–Crippen MR) is 72.9 cm³/mol. The molecular weight excluding hydrogens is 250 g/mol. The molecule has 2 aromatic rings. The van der Waals surface area contributed by atoms with E-state index in [-0.39, 0.29) is 6.42 Å². The summed E-state index contributed by atoms with van der Waals surface area (Å²) in [5, 5.41) is 9.91. The first-order chi connectivity index (χ1) is 8.61. The molecule has 0 amide bonds. The van der Waals surface area contributed by atoms with Crippen LogP contribution in [-0.4, -0.2) is 15.6 Å². The summed E-state index contributed by atoms with van der Waals surface area (Å²) in [6.45, 7) is 2.61. The molecular formula is C14H14ClNO2. The minimum absolute atomic E-state index is 0.0388. The zero-order chi connectivity index (χ0) is 13.1. The topological polar surface area (TPSA) is 42.2 Å². The van der Waals surface area contributed by atoms with E-state index < -0.39 is 5.97 Å². The summed E-state index contributed by atoms with van der Waals surface area (Å²) < 4.78 is 2.03. The van der Waals surface area contributed by atoms with Crippen LogP contribution in [-0.2, 0) is 17.8 Å². The van der Waals surface area contributed by atoms with E-state index in [1.807, 2.05) is 42.0 Å². The summed E-state index contributed by atoms with van der Waals surface area (Å²) in [6, 6.07) is 7.80. The molecule has 1 heterocycles. The molecule has 0 spiro atoms. The molecule has 94 valence electrons. The molecule has 0 saturated carbocycles. The van der Waals surface area contributed by atoms with E-state index in [9.17, 15) is 4.79 Å². The number of aromatic nitrogens is 1. The monoisotopic (exact) mass is 263 g/mol. The SMILES string of the molecule is C/C(=C/Cl)Cn1cc(CC(=O)O)c2ccccc21. The van der Waals surface area contributed by atoms with Crippen LogP contribution in [0.3, 0.4) is 0 Å². The van der Waals surface area contributed by atoms with Crippen molar-refractivity contribution in [1.29, 1.82) is 0 Å². The van der Waals surface area contributed by atoms with Gasteiger partial charge in [-0.2, -0.15) is 0 Å². The maximum absolute atomic E-state index is 10.9. The van der Waals surface area contributed by atoms with E-state index in [0.717, 1.165) is 22.0 Å². The van der Waals surface area contributed by atoms with Crippen molar-refractivity contribution in [3.05, 3.63) is 47.1 Å². The minimum Gasteiger partial charge on any atom is -0.481 e. The Bertz CT molecular complexity index is 613. The summed E-state index contributed by atoms with van der Waals surface area (Å²) in [6.07, 6.45) is 1.93. The lowest BCUT2D eigenvalue weighted by molar-refractivity contribution is -0.136. The van der Waals surface area contributed by atoms with Crippen molar-refractivity contribution in [1.82, 2.24) is 4.57 Å². The first-order valence-electron chi connectivity index (χ1n) is 5.66. The summed E-state index contributed by atoms with van der Waals surface area (Å²) >= 11 is 5.67. The Morgan fingerprint density at radius 1 is 1.44 bits per heavy atom. The number of rotatable bonds is 4. The standard InChI is InChI=1S/C14H14ClNO2/c1-10(7-15)8-16-9-11(6-14(17)18)12-4-2-3-5-13(12)16/h2-5,7,9H,6,8H2,1H3,(H,17,18)/b10-7-. The van der Waals surface area contributed by atoms with E-state index in [1.165, 1.54) is 0 Å². The van der Waals surface area contributed by atoms with E-state index >= 15 is 0 Å². The highest BCUT2D eigenvalue weighted by Crippen LogP contribution is 2.22. The number of allylic oxidation sites excluding steroid dienone is 1. The van der Waals surface area contributed by atoms with Crippen LogP contribution in [0, 0.1) is 0 Å². The third-order valence-electron chi connectivity index (χ3n) is 2.82. The smallest absolute Gasteiger partial charge is 0.307 e. The van der Waals surface area contributed by atoms with Gasteiger partial charge in [0.25, 0.3) is 0 Å². The molecule has 3 nitrogen and oxygen atoms in total. The number of halogens is 1. The number of hydrogen-bond donors (Lipinski definition) is 1. The highest BCUT2D eigenvalue weighted by Gasteiger charge is 2.10. The van der Waals surface area contributed by atoms with Crippen molar-refractivity contribution in [2.24, 2.45) is 0 Å². The number of carboxylic acids is 1. The van der Waals surface area contributed by atoms with Crippen LogP contribution in [0.15, 0.2) is 41.6 Å². The number of carbonyl (C=O) groups is 1. The third-order valence-corrected chi connectivity index (χ3v) is 3.19. The van der Waals surface area contributed by atoms with Crippen molar-refractivity contribution in [3.63, 3.8) is 0 Å². The highest BCUT2D eigenvalue weighted by molar-refractivity contribution is 6.25. The van der Waals surface area contributed by atoms with Crippen LogP contribution in [0.1, 0.15) is 12.5 Å². The molecule has 2 rings (SSSR count). The number of benzene rings is 1. The summed E-state index contributed by atoms with van der Waals surface area (Å²) in [5.74, 6) is -0.817. The van der Waals surface area contributed by atoms with Crippen LogP contribution >= 0.6 is 11.6 Å². The van der Waals surface area contributed by atoms with Gasteiger partial charge in [-0.15, -0.1) is 0 Å². The Morgan fingerprint density at radius 2 is 2.17 bits per heavy atom. The maximum Gasteiger partial charge on any atom is 0.307 e. The molecule has 0 bridgehead atoms. The number of hydrogen-bond acceptors (Lipinski definition) is 1. The summed E-state index contributed by atoms with van der Waals surface area (Å²) in [4.78, 5) is 10.9. The zero-order valence-electron chi connectivity index (χ0n) is 10.1. The van der Waals surface area contributed by atoms with E-state index in [2.05, 4.69) is 0 Å². The quantitative estimate of drug-likeness (QED) is 0.918. The van der Waals surface area contributed by atoms with Gasteiger partial charge in [0, 0.05) is 29.2 Å². The fourth-order valence-corrected chi connectivity index (χ4v) is 2.13. The van der Waals surface area contributed by atoms with Crippen molar-refractivity contribution < 1.29 is 9.90 Å². The number of aliphatic carboxylic acids is 1. The second kappa shape index (κ2) is 5.27. The molecule has 4 heteroatoms. The second-order valence-corrected chi connectivity index (χ2v) is 4.54. The van der Waals surface area contributed by atoms with Gasteiger partial charge in [-0.25, -0.2) is 0 Å². The van der Waals surface area contributed by atoms with Crippen molar-refractivity contribution in [2.45, 2.75) is 19.9 Å². The van der Waals surface area contributed by atoms with E-state index in [0.29, 0.717) is 6.54 Å². The van der Waals surface area contributed by atoms with Gasteiger partial charge in [0.2, 0.25) is 0 Å². The van der Waals surface area contributed by atoms with Crippen LogP contribution < -0.4 is 0 Å². The number of nitrogens with zero attached hydrogens (tertiary/aromatic N) is 1. The fraction of sp³-hybridized carbons (Fsp3) is 0.214. The van der Waals surface area contributed by atoms with Gasteiger partial charge in [0.05, 0.1) is 6.42 Å². The van der Waals surface area contributed by atoms with Gasteiger partial charge in [0.1, 0.15) is 0 Å². The Morgan fingerprint density at radius 3 is 2.83 bits per heavy atom. The fourth-order valence-electron chi connectivity index (χ4n) is 2.06. The molecule has 0 radical (unpaired) electrons. The van der Waals surface area contributed by atoms with Crippen LogP contribution in [0.2, 0.25) is 0 Å². The molecule has 1 aromatic carbocycles. The third kappa shape index (κ3) is 2.57. The van der Waals surface area contributed by atoms with Crippen LogP contribution in [0.5, 0.6) is 0 Å². The molecule has 0 aliphatic rings. The predicted octanol–water partition coefficient (Wildman–Crippen LogP) is 3.41. The normalized spacial score (nSPS) is 12.0. The zero-order valence-corrected chi connectivity index (χ0v) is 10.8. The summed E-state index contributed by atoms with van der Waals surface area (Å²) in [5.41, 5.74) is 4.44. The number of fused-ring (bicyclic) bond motifs is 1. The Kier molecular flexibility index (Phi) is 3.72. The first-order valence-corrected chi connectivity index (χ1v) is 6.10. The molecule has 18 heavy (non-hydrogen) atoms. The maximum atomic E-state index is 10.9. The van der Waals surface area contributed by atoms with Gasteiger partial charge in [-0.05, 0) is 24.1 Å². The van der Waals surface area contributed by atoms with Gasteiger partial charge in [-0.1, -0.05) is 29.8 Å². The van der Waals surface area contributed by atoms with Crippen LogP contribution in [0.25, 0.3) is 10.9 Å². The molecule has 0 aliphatic heterocycles. The van der Waals surface area contributed by atoms with Gasteiger partial charge in [0.15, 0.2) is 0 Å². The first kappa shape index (κ1) is 12.7. The van der Waals surface area contributed by atoms with E-state index in [4.69, 9.17) is 16.7 Å². The van der Waals surface area contributed by atoms with Gasteiger partial charge >= 0.3 is 5.97 Å². The van der Waals surface area contributed by atoms with Crippen LogP contribution in [0.4, 0.5) is 0 Å². The average Bonchev–Trinajstić information content (AvgIpc) is 2.67.